The average Bonchev–Trinajstić information content (AvgIpc) is 2.89. The number of aromatic amines is 1. The van der Waals surface area contributed by atoms with E-state index in [0.29, 0.717) is 19.6 Å². The number of unbranched alkanes of at least 4 members (excludes halogenated alkanes) is 1. The van der Waals surface area contributed by atoms with Crippen molar-refractivity contribution >= 4 is 11.8 Å². The van der Waals surface area contributed by atoms with Gasteiger partial charge in [0.2, 0.25) is 11.8 Å². The van der Waals surface area contributed by atoms with Crippen molar-refractivity contribution in [3.63, 3.8) is 0 Å². The van der Waals surface area contributed by atoms with Gasteiger partial charge in [-0.25, -0.2) is 4.98 Å². The largest absolute Gasteiger partial charge is 0.359 e. The fraction of sp³-hybridized carbons (Fsp3) is 0.706. The number of hydrogen-bond donors (Lipinski definition) is 2. The highest BCUT2D eigenvalue weighted by atomic mass is 16.2. The average molecular weight is 335 g/mol. The first kappa shape index (κ1) is 18.4. The van der Waals surface area contributed by atoms with E-state index in [2.05, 4.69) is 27.1 Å². The highest BCUT2D eigenvalue weighted by Crippen LogP contribution is 2.13. The Bertz CT molecular complexity index is 557. The topological polar surface area (TPSA) is 81.3 Å². The van der Waals surface area contributed by atoms with Crippen LogP contribution in [0.5, 0.6) is 0 Å². The quantitative estimate of drug-likeness (QED) is 0.805. The molecule has 0 spiro atoms. The van der Waals surface area contributed by atoms with Crippen LogP contribution >= 0.6 is 0 Å². The number of H-pyrrole nitrogens is 1. The minimum absolute atomic E-state index is 0.0126. The van der Waals surface area contributed by atoms with Gasteiger partial charge in [0.25, 0.3) is 0 Å². The van der Waals surface area contributed by atoms with Crippen molar-refractivity contribution in [3.8, 4) is 0 Å². The molecule has 2 amide bonds. The lowest BCUT2D eigenvalue weighted by atomic mass is 10.1. The summed E-state index contributed by atoms with van der Waals surface area (Å²) in [5.74, 6) is 0.828. The zero-order chi connectivity index (χ0) is 17.5. The van der Waals surface area contributed by atoms with Gasteiger partial charge in [0, 0.05) is 65.0 Å². The fourth-order valence-corrected chi connectivity index (χ4v) is 3.08. The Morgan fingerprint density at radius 1 is 1.38 bits per heavy atom. The number of carbonyl (C=O) groups excluding carboxylic acids is 2. The van der Waals surface area contributed by atoms with Crippen LogP contribution in [0.3, 0.4) is 0 Å². The highest BCUT2D eigenvalue weighted by Gasteiger charge is 2.28. The van der Waals surface area contributed by atoms with Crippen LogP contribution in [0.25, 0.3) is 0 Å². The number of nitrogens with one attached hydrogen (secondary N) is 2. The SMILES string of the molecule is CCCCc1ncc(CN2CCN(C(C)=O)CC(C(=O)NC)C2)[nH]1. The number of aryl methyl sites for hydroxylation is 1. The molecule has 1 fully saturated rings. The minimum atomic E-state index is -0.205. The van der Waals surface area contributed by atoms with Crippen LogP contribution in [-0.4, -0.2) is 64.8 Å². The predicted octanol–water partition coefficient (Wildman–Crippen LogP) is 0.779. The monoisotopic (exact) mass is 335 g/mol. The molecular formula is C17H29N5O2. The number of aromatic nitrogens is 2. The molecule has 1 aliphatic heterocycles. The smallest absolute Gasteiger partial charge is 0.225 e. The van der Waals surface area contributed by atoms with E-state index in [4.69, 9.17) is 0 Å². The van der Waals surface area contributed by atoms with Crippen molar-refractivity contribution < 1.29 is 9.59 Å². The van der Waals surface area contributed by atoms with Crippen molar-refractivity contribution in [1.82, 2.24) is 25.1 Å². The molecule has 1 saturated heterocycles. The number of carbonyl (C=O) groups is 2. The third-order valence-electron chi connectivity index (χ3n) is 4.51. The molecule has 1 aromatic heterocycles. The lowest BCUT2D eigenvalue weighted by Crippen LogP contribution is -2.40. The maximum atomic E-state index is 12.1. The van der Waals surface area contributed by atoms with Crippen LogP contribution in [0, 0.1) is 5.92 Å². The number of rotatable bonds is 6. The maximum absolute atomic E-state index is 12.1. The van der Waals surface area contributed by atoms with Crippen LogP contribution < -0.4 is 5.32 Å². The molecule has 1 aliphatic rings. The van der Waals surface area contributed by atoms with Gasteiger partial charge in [-0.05, 0) is 6.42 Å². The summed E-state index contributed by atoms with van der Waals surface area (Å²) in [5.41, 5.74) is 1.06. The van der Waals surface area contributed by atoms with Crippen LogP contribution in [0.15, 0.2) is 6.20 Å². The van der Waals surface area contributed by atoms with Gasteiger partial charge in [0.1, 0.15) is 5.82 Å². The van der Waals surface area contributed by atoms with E-state index >= 15 is 0 Å². The number of hydrogen-bond acceptors (Lipinski definition) is 4. The molecule has 7 nitrogen and oxygen atoms in total. The van der Waals surface area contributed by atoms with Gasteiger partial charge < -0.3 is 15.2 Å². The van der Waals surface area contributed by atoms with Gasteiger partial charge in [-0.1, -0.05) is 13.3 Å². The summed E-state index contributed by atoms with van der Waals surface area (Å²) >= 11 is 0. The summed E-state index contributed by atoms with van der Waals surface area (Å²) < 4.78 is 0. The maximum Gasteiger partial charge on any atom is 0.225 e. The van der Waals surface area contributed by atoms with Gasteiger partial charge >= 0.3 is 0 Å². The molecule has 1 atom stereocenters. The van der Waals surface area contributed by atoms with E-state index < -0.39 is 0 Å². The van der Waals surface area contributed by atoms with Crippen molar-refractivity contribution in [2.45, 2.75) is 39.7 Å². The summed E-state index contributed by atoms with van der Waals surface area (Å²) in [7, 11) is 1.64. The van der Waals surface area contributed by atoms with Crippen LogP contribution in [0.2, 0.25) is 0 Å². The summed E-state index contributed by atoms with van der Waals surface area (Å²) in [5, 5.41) is 2.71. The summed E-state index contributed by atoms with van der Waals surface area (Å²) in [4.78, 5) is 35.6. The number of imidazole rings is 1. The summed E-state index contributed by atoms with van der Waals surface area (Å²) in [6, 6.07) is 0. The van der Waals surface area contributed by atoms with Crippen molar-refractivity contribution in [2.75, 3.05) is 33.2 Å². The Kier molecular flexibility index (Phi) is 6.78. The first-order valence-corrected chi connectivity index (χ1v) is 8.75. The van der Waals surface area contributed by atoms with Crippen LogP contribution in [-0.2, 0) is 22.6 Å². The second-order valence-corrected chi connectivity index (χ2v) is 6.47. The molecule has 2 rings (SSSR count). The van der Waals surface area contributed by atoms with E-state index in [0.717, 1.165) is 43.9 Å². The molecule has 0 radical (unpaired) electrons. The molecular weight excluding hydrogens is 306 g/mol. The molecule has 0 aliphatic carbocycles. The molecule has 7 heteroatoms. The first-order valence-electron chi connectivity index (χ1n) is 8.75. The molecule has 0 saturated carbocycles. The molecule has 134 valence electrons. The summed E-state index contributed by atoms with van der Waals surface area (Å²) in [6.45, 7) is 6.99. The van der Waals surface area contributed by atoms with E-state index in [1.807, 2.05) is 6.20 Å². The molecule has 0 bridgehead atoms. The van der Waals surface area contributed by atoms with E-state index in [-0.39, 0.29) is 17.7 Å². The zero-order valence-corrected chi connectivity index (χ0v) is 15.0. The second kappa shape index (κ2) is 8.82. The Balaban J connectivity index is 2.01. The van der Waals surface area contributed by atoms with Crippen LogP contribution in [0.1, 0.15) is 38.2 Å². The Morgan fingerprint density at radius 3 is 2.83 bits per heavy atom. The molecule has 2 heterocycles. The van der Waals surface area contributed by atoms with E-state index in [1.165, 1.54) is 0 Å². The Hall–Kier alpha value is -1.89. The predicted molar refractivity (Wildman–Crippen MR) is 92.3 cm³/mol. The lowest BCUT2D eigenvalue weighted by Gasteiger charge is -2.22. The fourth-order valence-electron chi connectivity index (χ4n) is 3.08. The highest BCUT2D eigenvalue weighted by molar-refractivity contribution is 5.80. The van der Waals surface area contributed by atoms with E-state index in [9.17, 15) is 9.59 Å². The standard InChI is InChI=1S/C17H29N5O2/c1-4-5-6-16-19-9-15(20-16)12-21-7-8-22(13(2)23)11-14(10-21)17(24)18-3/h9,14H,4-8,10-12H2,1-3H3,(H,18,24)(H,19,20). The van der Waals surface area contributed by atoms with Gasteiger partial charge in [-0.15, -0.1) is 0 Å². The molecule has 1 aromatic rings. The Labute approximate surface area is 143 Å². The third-order valence-corrected chi connectivity index (χ3v) is 4.51. The van der Waals surface area contributed by atoms with Gasteiger partial charge in [0.15, 0.2) is 0 Å². The second-order valence-electron chi connectivity index (χ2n) is 6.47. The van der Waals surface area contributed by atoms with Crippen molar-refractivity contribution in [1.29, 1.82) is 0 Å². The van der Waals surface area contributed by atoms with E-state index in [1.54, 1.807) is 18.9 Å². The van der Waals surface area contributed by atoms with Gasteiger partial charge in [-0.3, -0.25) is 14.5 Å². The molecule has 2 N–H and O–H groups in total. The lowest BCUT2D eigenvalue weighted by molar-refractivity contribution is -0.130. The Morgan fingerprint density at radius 2 is 2.17 bits per heavy atom. The van der Waals surface area contributed by atoms with Gasteiger partial charge in [-0.2, -0.15) is 0 Å². The van der Waals surface area contributed by atoms with Gasteiger partial charge in [0.05, 0.1) is 5.92 Å². The van der Waals surface area contributed by atoms with Crippen molar-refractivity contribution in [2.24, 2.45) is 5.92 Å². The van der Waals surface area contributed by atoms with Crippen LogP contribution in [0.4, 0.5) is 0 Å². The zero-order valence-electron chi connectivity index (χ0n) is 15.0. The van der Waals surface area contributed by atoms with Crippen molar-refractivity contribution in [3.05, 3.63) is 17.7 Å². The normalized spacial score (nSPS) is 19.1. The number of amides is 2. The number of nitrogens with zero attached hydrogens (tertiary/aromatic N) is 3. The molecule has 1 unspecified atom stereocenters. The minimum Gasteiger partial charge on any atom is -0.359 e. The molecule has 24 heavy (non-hydrogen) atoms. The first-order chi connectivity index (χ1) is 11.5. The molecule has 0 aromatic carbocycles. The summed E-state index contributed by atoms with van der Waals surface area (Å²) in [6.07, 6.45) is 5.13. The third kappa shape index (κ3) is 5.06.